The van der Waals surface area contributed by atoms with E-state index in [0.29, 0.717) is 48.4 Å². The Balaban J connectivity index is 1.53. The average Bonchev–Trinajstić information content (AvgIpc) is 3.09. The van der Waals surface area contributed by atoms with Gasteiger partial charge >= 0.3 is 0 Å². The summed E-state index contributed by atoms with van der Waals surface area (Å²) in [7, 11) is 0. The third kappa shape index (κ3) is 5.04. The summed E-state index contributed by atoms with van der Waals surface area (Å²) in [5, 5.41) is 0.560. The molecule has 1 aliphatic heterocycles. The summed E-state index contributed by atoms with van der Waals surface area (Å²) in [6.45, 7) is 2.37. The van der Waals surface area contributed by atoms with Crippen LogP contribution in [0.2, 0.25) is 5.02 Å². The van der Waals surface area contributed by atoms with Crippen molar-refractivity contribution in [3.05, 3.63) is 51.2 Å². The largest absolute Gasteiger partial charge is 0.485 e. The first-order valence-corrected chi connectivity index (χ1v) is 9.17. The monoisotopic (exact) mass is 379 g/mol. The van der Waals surface area contributed by atoms with Gasteiger partial charge in [-0.05, 0) is 30.3 Å². The maximum absolute atomic E-state index is 12.2. The number of halogens is 1. The third-order valence-electron chi connectivity index (χ3n) is 3.79. The SMILES string of the molecule is O=C(COc1cccc(Cl)c1)c1ccc(CC(=O)N2CCOCC2)s1. The Hall–Kier alpha value is -1.89. The zero-order valence-corrected chi connectivity index (χ0v) is 15.1. The lowest BCUT2D eigenvalue weighted by Gasteiger charge is -2.26. The van der Waals surface area contributed by atoms with Crippen molar-refractivity contribution in [1.29, 1.82) is 0 Å². The highest BCUT2D eigenvalue weighted by atomic mass is 35.5. The molecular weight excluding hydrogens is 362 g/mol. The molecule has 132 valence electrons. The van der Waals surface area contributed by atoms with Gasteiger partial charge in [0, 0.05) is 23.0 Å². The zero-order chi connectivity index (χ0) is 17.6. The second kappa shape index (κ2) is 8.47. The minimum atomic E-state index is -0.116. The van der Waals surface area contributed by atoms with Gasteiger partial charge in [0.2, 0.25) is 11.7 Å². The van der Waals surface area contributed by atoms with Gasteiger partial charge in [0.25, 0.3) is 0 Å². The number of carbonyl (C=O) groups is 2. The molecule has 0 bridgehead atoms. The smallest absolute Gasteiger partial charge is 0.227 e. The van der Waals surface area contributed by atoms with Crippen molar-refractivity contribution < 1.29 is 19.1 Å². The lowest BCUT2D eigenvalue weighted by atomic mass is 10.2. The molecule has 0 N–H and O–H groups in total. The number of hydrogen-bond donors (Lipinski definition) is 0. The second-order valence-corrected chi connectivity index (χ2v) is 7.21. The highest BCUT2D eigenvalue weighted by molar-refractivity contribution is 7.14. The lowest BCUT2D eigenvalue weighted by molar-refractivity contribution is -0.134. The zero-order valence-electron chi connectivity index (χ0n) is 13.6. The number of thiophene rings is 1. The van der Waals surface area contributed by atoms with Crippen LogP contribution in [-0.2, 0) is 16.0 Å². The van der Waals surface area contributed by atoms with Crippen LogP contribution in [0.1, 0.15) is 14.5 Å². The van der Waals surface area contributed by atoms with E-state index in [1.165, 1.54) is 11.3 Å². The predicted molar refractivity (Wildman–Crippen MR) is 96.7 cm³/mol. The van der Waals surface area contributed by atoms with Crippen molar-refractivity contribution in [1.82, 2.24) is 4.90 Å². The highest BCUT2D eigenvalue weighted by Gasteiger charge is 2.18. The molecule has 3 rings (SSSR count). The molecule has 1 aliphatic rings. The minimum absolute atomic E-state index is 0.0578. The summed E-state index contributed by atoms with van der Waals surface area (Å²) in [5.41, 5.74) is 0. The summed E-state index contributed by atoms with van der Waals surface area (Å²) in [4.78, 5) is 27.8. The Morgan fingerprint density at radius 1 is 1.20 bits per heavy atom. The Bertz CT molecular complexity index is 755. The molecule has 2 aromatic rings. The molecular formula is C18H18ClNO4S. The van der Waals surface area contributed by atoms with Crippen molar-refractivity contribution in [2.45, 2.75) is 6.42 Å². The quantitative estimate of drug-likeness (QED) is 0.724. The first kappa shape index (κ1) is 17.9. The molecule has 0 atom stereocenters. The fraction of sp³-hybridized carbons (Fsp3) is 0.333. The average molecular weight is 380 g/mol. The van der Waals surface area contributed by atoms with E-state index in [2.05, 4.69) is 0 Å². The topological polar surface area (TPSA) is 55.8 Å². The van der Waals surface area contributed by atoms with E-state index in [1.807, 2.05) is 6.07 Å². The van der Waals surface area contributed by atoms with E-state index in [4.69, 9.17) is 21.1 Å². The van der Waals surface area contributed by atoms with Crippen LogP contribution in [0, 0.1) is 0 Å². The number of rotatable bonds is 6. The maximum atomic E-state index is 12.2. The van der Waals surface area contributed by atoms with Crippen molar-refractivity contribution in [2.75, 3.05) is 32.9 Å². The lowest BCUT2D eigenvalue weighted by Crippen LogP contribution is -2.41. The van der Waals surface area contributed by atoms with Crippen LogP contribution in [0.25, 0.3) is 0 Å². The highest BCUT2D eigenvalue weighted by Crippen LogP contribution is 2.21. The molecule has 5 nitrogen and oxygen atoms in total. The number of nitrogens with zero attached hydrogens (tertiary/aromatic N) is 1. The molecule has 1 saturated heterocycles. The molecule has 25 heavy (non-hydrogen) atoms. The first-order valence-electron chi connectivity index (χ1n) is 7.97. The van der Waals surface area contributed by atoms with Crippen LogP contribution in [-0.4, -0.2) is 49.5 Å². The Labute approximate surface area is 155 Å². The van der Waals surface area contributed by atoms with Gasteiger partial charge in [0.15, 0.2) is 6.61 Å². The van der Waals surface area contributed by atoms with Crippen LogP contribution in [0.5, 0.6) is 5.75 Å². The summed E-state index contributed by atoms with van der Waals surface area (Å²) in [6, 6.07) is 10.5. The molecule has 0 radical (unpaired) electrons. The summed E-state index contributed by atoms with van der Waals surface area (Å²) in [5.74, 6) is 0.509. The van der Waals surface area contributed by atoms with Crippen LogP contribution in [0.4, 0.5) is 0 Å². The van der Waals surface area contributed by atoms with Crippen LogP contribution < -0.4 is 4.74 Å². The number of ether oxygens (including phenoxy) is 2. The van der Waals surface area contributed by atoms with E-state index < -0.39 is 0 Å². The number of carbonyl (C=O) groups excluding carboxylic acids is 2. The van der Waals surface area contributed by atoms with Gasteiger partial charge in [-0.1, -0.05) is 17.7 Å². The van der Waals surface area contributed by atoms with E-state index in [1.54, 1.807) is 35.2 Å². The van der Waals surface area contributed by atoms with Gasteiger partial charge < -0.3 is 14.4 Å². The van der Waals surface area contributed by atoms with E-state index in [-0.39, 0.29) is 18.3 Å². The number of benzene rings is 1. The van der Waals surface area contributed by atoms with Gasteiger partial charge in [-0.2, -0.15) is 0 Å². The first-order chi connectivity index (χ1) is 12.1. The molecule has 2 heterocycles. The van der Waals surface area contributed by atoms with Crippen molar-refractivity contribution in [3.63, 3.8) is 0 Å². The molecule has 1 amide bonds. The molecule has 0 aliphatic carbocycles. The number of amides is 1. The molecule has 1 aromatic carbocycles. The number of ketones is 1. The summed E-state index contributed by atoms with van der Waals surface area (Å²) < 4.78 is 10.7. The molecule has 1 aromatic heterocycles. The second-order valence-electron chi connectivity index (χ2n) is 5.61. The minimum Gasteiger partial charge on any atom is -0.485 e. The van der Waals surface area contributed by atoms with Crippen LogP contribution in [0.15, 0.2) is 36.4 Å². The molecule has 0 unspecified atom stereocenters. The standard InChI is InChI=1S/C18H18ClNO4S/c19-13-2-1-3-14(10-13)24-12-16(21)17-5-4-15(25-17)11-18(22)20-6-8-23-9-7-20/h1-5,10H,6-9,11-12H2. The van der Waals surface area contributed by atoms with Gasteiger partial charge in [0.05, 0.1) is 24.5 Å². The molecule has 1 fully saturated rings. The van der Waals surface area contributed by atoms with E-state index >= 15 is 0 Å². The third-order valence-corrected chi connectivity index (χ3v) is 5.15. The van der Waals surface area contributed by atoms with E-state index in [9.17, 15) is 9.59 Å². The van der Waals surface area contributed by atoms with Crippen LogP contribution >= 0.6 is 22.9 Å². The summed E-state index contributed by atoms with van der Waals surface area (Å²) in [6.07, 6.45) is 0.313. The van der Waals surface area contributed by atoms with Crippen molar-refractivity contribution in [3.8, 4) is 5.75 Å². The predicted octanol–water partition coefficient (Wildman–Crippen LogP) is 3.06. The normalized spacial score (nSPS) is 14.4. The maximum Gasteiger partial charge on any atom is 0.227 e. The van der Waals surface area contributed by atoms with Crippen molar-refractivity contribution in [2.24, 2.45) is 0 Å². The fourth-order valence-corrected chi connectivity index (χ4v) is 3.58. The molecule has 7 heteroatoms. The fourth-order valence-electron chi connectivity index (χ4n) is 2.47. The number of morpholine rings is 1. The van der Waals surface area contributed by atoms with Crippen LogP contribution in [0.3, 0.4) is 0 Å². The van der Waals surface area contributed by atoms with Gasteiger partial charge in [-0.3, -0.25) is 9.59 Å². The van der Waals surface area contributed by atoms with Gasteiger partial charge in [0.1, 0.15) is 5.75 Å². The molecule has 0 spiro atoms. The van der Waals surface area contributed by atoms with Gasteiger partial charge in [-0.25, -0.2) is 0 Å². The Morgan fingerprint density at radius 2 is 2.00 bits per heavy atom. The Kier molecular flexibility index (Phi) is 6.07. The number of Topliss-reactive ketones (excluding diaryl/α,β-unsaturated/α-hetero) is 1. The number of hydrogen-bond acceptors (Lipinski definition) is 5. The van der Waals surface area contributed by atoms with Crippen molar-refractivity contribution >= 4 is 34.6 Å². The molecule has 0 saturated carbocycles. The Morgan fingerprint density at radius 3 is 2.76 bits per heavy atom. The summed E-state index contributed by atoms with van der Waals surface area (Å²) >= 11 is 7.22. The van der Waals surface area contributed by atoms with Gasteiger partial charge in [-0.15, -0.1) is 11.3 Å². The van der Waals surface area contributed by atoms with E-state index in [0.717, 1.165) is 4.88 Å².